The minimum atomic E-state index is -0.876. The van der Waals surface area contributed by atoms with Crippen LogP contribution in [0.3, 0.4) is 0 Å². The van der Waals surface area contributed by atoms with Crippen molar-refractivity contribution in [3.05, 3.63) is 102 Å². The van der Waals surface area contributed by atoms with Gasteiger partial charge in [0.2, 0.25) is 5.91 Å². The molecule has 1 N–H and O–H groups in total. The molecule has 3 amide bonds. The van der Waals surface area contributed by atoms with E-state index in [0.717, 1.165) is 11.3 Å². The van der Waals surface area contributed by atoms with Gasteiger partial charge < -0.3 is 20.0 Å². The Kier molecular flexibility index (Phi) is 7.13. The van der Waals surface area contributed by atoms with Crippen LogP contribution >= 0.6 is 0 Å². The Morgan fingerprint density at radius 2 is 1.53 bits per heavy atom. The maximum absolute atomic E-state index is 14.3. The zero-order valence-corrected chi connectivity index (χ0v) is 21.3. The van der Waals surface area contributed by atoms with E-state index in [0.29, 0.717) is 25.9 Å². The Labute approximate surface area is 221 Å². The molecule has 2 heterocycles. The molecule has 0 aromatic heterocycles. The van der Waals surface area contributed by atoms with E-state index in [-0.39, 0.29) is 42.5 Å². The smallest absolute Gasteiger partial charge is 0.256 e. The molecule has 196 valence electrons. The normalized spacial score (nSPS) is 17.5. The van der Waals surface area contributed by atoms with E-state index in [9.17, 15) is 18.8 Å². The molecule has 0 radical (unpaired) electrons. The van der Waals surface area contributed by atoms with Gasteiger partial charge in [-0.25, -0.2) is 4.39 Å². The fraction of sp³-hybridized carbons (Fsp3) is 0.300. The van der Waals surface area contributed by atoms with Gasteiger partial charge in [-0.15, -0.1) is 0 Å². The Hall–Kier alpha value is -4.20. The van der Waals surface area contributed by atoms with Gasteiger partial charge in [0.15, 0.2) is 0 Å². The third-order valence-electron chi connectivity index (χ3n) is 7.58. The molecule has 0 aliphatic carbocycles. The molecule has 2 fully saturated rings. The highest BCUT2D eigenvalue weighted by atomic mass is 19.1. The van der Waals surface area contributed by atoms with Crippen molar-refractivity contribution in [1.82, 2.24) is 15.1 Å². The fourth-order valence-electron chi connectivity index (χ4n) is 5.49. The van der Waals surface area contributed by atoms with Crippen LogP contribution in [-0.4, -0.2) is 59.4 Å². The lowest BCUT2D eigenvalue weighted by molar-refractivity contribution is -0.137. The minimum absolute atomic E-state index is 0.0342. The zero-order valence-electron chi connectivity index (χ0n) is 21.3. The number of para-hydroxylation sites is 1. The molecule has 8 heteroatoms. The summed E-state index contributed by atoms with van der Waals surface area (Å²) in [5.41, 5.74) is 1.03. The summed E-state index contributed by atoms with van der Waals surface area (Å²) in [5.74, 6) is -1.28. The lowest BCUT2D eigenvalue weighted by Crippen LogP contribution is -2.57. The molecule has 7 nitrogen and oxygen atoms in total. The van der Waals surface area contributed by atoms with E-state index >= 15 is 0 Å². The molecule has 0 bridgehead atoms. The molecule has 5 rings (SSSR count). The standard InChI is InChI=1S/C30H31FN4O3/c1-22(23-10-4-2-5-11-23)32-27(36)20-34-21-35(24-12-6-3-7-13-24)30(29(34)38)16-18-33(19-17-30)28(37)25-14-8-9-15-26(25)31/h2-15,22H,16-21H2,1H3,(H,32,36). The predicted molar refractivity (Wildman–Crippen MR) is 143 cm³/mol. The maximum atomic E-state index is 14.3. The van der Waals surface area contributed by atoms with Gasteiger partial charge in [-0.2, -0.15) is 0 Å². The van der Waals surface area contributed by atoms with Crippen molar-refractivity contribution in [2.45, 2.75) is 31.3 Å². The first kappa shape index (κ1) is 25.4. The summed E-state index contributed by atoms with van der Waals surface area (Å²) in [4.78, 5) is 45.1. The van der Waals surface area contributed by atoms with Crippen LogP contribution in [0.5, 0.6) is 0 Å². The van der Waals surface area contributed by atoms with Crippen molar-refractivity contribution in [2.24, 2.45) is 0 Å². The average molecular weight is 515 g/mol. The zero-order chi connectivity index (χ0) is 26.7. The summed E-state index contributed by atoms with van der Waals surface area (Å²) < 4.78 is 14.3. The number of benzene rings is 3. The summed E-state index contributed by atoms with van der Waals surface area (Å²) in [6, 6.07) is 25.1. The van der Waals surface area contributed by atoms with Gasteiger partial charge in [0.05, 0.1) is 18.3 Å². The Morgan fingerprint density at radius 1 is 0.921 bits per heavy atom. The first-order valence-electron chi connectivity index (χ1n) is 12.9. The van der Waals surface area contributed by atoms with E-state index in [4.69, 9.17) is 0 Å². The van der Waals surface area contributed by atoms with Crippen LogP contribution in [0.2, 0.25) is 0 Å². The average Bonchev–Trinajstić information content (AvgIpc) is 3.20. The first-order valence-corrected chi connectivity index (χ1v) is 12.9. The lowest BCUT2D eigenvalue weighted by Gasteiger charge is -2.43. The number of nitrogens with one attached hydrogen (secondary N) is 1. The number of hydrogen-bond acceptors (Lipinski definition) is 4. The van der Waals surface area contributed by atoms with Crippen LogP contribution in [0.4, 0.5) is 10.1 Å². The van der Waals surface area contributed by atoms with Gasteiger partial charge in [0.1, 0.15) is 17.9 Å². The SMILES string of the molecule is CC(NC(=O)CN1CN(c2ccccc2)C2(CCN(C(=O)c3ccccc3F)CC2)C1=O)c1ccccc1. The van der Waals surface area contributed by atoms with E-state index < -0.39 is 11.4 Å². The van der Waals surface area contributed by atoms with Crippen LogP contribution in [0.15, 0.2) is 84.9 Å². The highest BCUT2D eigenvalue weighted by Crippen LogP contribution is 2.39. The molecular formula is C30H31FN4O3. The molecule has 1 unspecified atom stereocenters. The van der Waals surface area contributed by atoms with E-state index in [1.807, 2.05) is 72.5 Å². The minimum Gasteiger partial charge on any atom is -0.348 e. The van der Waals surface area contributed by atoms with Crippen LogP contribution < -0.4 is 10.2 Å². The van der Waals surface area contributed by atoms with Crippen LogP contribution in [0.25, 0.3) is 0 Å². The number of likely N-dealkylation sites (tertiary alicyclic amines) is 1. The summed E-state index contributed by atoms with van der Waals surface area (Å²) in [6.45, 7) is 2.76. The van der Waals surface area contributed by atoms with Gasteiger partial charge >= 0.3 is 0 Å². The fourth-order valence-corrected chi connectivity index (χ4v) is 5.49. The molecule has 1 spiro atoms. The van der Waals surface area contributed by atoms with Crippen LogP contribution in [0.1, 0.15) is 41.7 Å². The van der Waals surface area contributed by atoms with Gasteiger partial charge in [-0.05, 0) is 49.6 Å². The van der Waals surface area contributed by atoms with Crippen molar-refractivity contribution in [2.75, 3.05) is 31.2 Å². The van der Waals surface area contributed by atoms with Crippen molar-refractivity contribution in [3.63, 3.8) is 0 Å². The third-order valence-corrected chi connectivity index (χ3v) is 7.58. The molecule has 1 atom stereocenters. The quantitative estimate of drug-likeness (QED) is 0.540. The molecule has 3 aromatic carbocycles. The molecule has 2 aliphatic heterocycles. The monoisotopic (exact) mass is 514 g/mol. The molecule has 38 heavy (non-hydrogen) atoms. The van der Waals surface area contributed by atoms with Crippen molar-refractivity contribution in [3.8, 4) is 0 Å². The number of carbonyl (C=O) groups excluding carboxylic acids is 3. The van der Waals surface area contributed by atoms with Crippen molar-refractivity contribution < 1.29 is 18.8 Å². The van der Waals surface area contributed by atoms with Gasteiger partial charge in [-0.3, -0.25) is 14.4 Å². The van der Waals surface area contributed by atoms with Gasteiger partial charge in [0, 0.05) is 18.8 Å². The van der Waals surface area contributed by atoms with E-state index in [2.05, 4.69) is 5.32 Å². The second-order valence-electron chi connectivity index (χ2n) is 9.91. The summed E-state index contributed by atoms with van der Waals surface area (Å²) in [5, 5.41) is 3.00. The number of hydrogen-bond donors (Lipinski definition) is 1. The summed E-state index contributed by atoms with van der Waals surface area (Å²) in [6.07, 6.45) is 0.777. The van der Waals surface area contributed by atoms with Crippen LogP contribution in [0, 0.1) is 5.82 Å². The van der Waals surface area contributed by atoms with Gasteiger partial charge in [-0.1, -0.05) is 60.7 Å². The van der Waals surface area contributed by atoms with Crippen molar-refractivity contribution >= 4 is 23.4 Å². The highest BCUT2D eigenvalue weighted by molar-refractivity contribution is 5.97. The molecule has 3 aromatic rings. The second-order valence-corrected chi connectivity index (χ2v) is 9.91. The Balaban J connectivity index is 1.32. The van der Waals surface area contributed by atoms with Crippen LogP contribution in [-0.2, 0) is 9.59 Å². The number of amides is 3. The van der Waals surface area contributed by atoms with E-state index in [1.165, 1.54) is 12.1 Å². The topological polar surface area (TPSA) is 73.0 Å². The summed E-state index contributed by atoms with van der Waals surface area (Å²) in [7, 11) is 0. The predicted octanol–water partition coefficient (Wildman–Crippen LogP) is 3.98. The largest absolute Gasteiger partial charge is 0.348 e. The Morgan fingerprint density at radius 3 is 2.18 bits per heavy atom. The second kappa shape index (κ2) is 10.7. The number of halogens is 1. The number of nitrogens with zero attached hydrogens (tertiary/aromatic N) is 3. The molecular weight excluding hydrogens is 483 g/mol. The summed E-state index contributed by atoms with van der Waals surface area (Å²) >= 11 is 0. The van der Waals surface area contributed by atoms with E-state index in [1.54, 1.807) is 21.9 Å². The lowest BCUT2D eigenvalue weighted by atomic mass is 9.85. The molecule has 2 saturated heterocycles. The Bertz CT molecular complexity index is 1310. The molecule has 0 saturated carbocycles. The van der Waals surface area contributed by atoms with Crippen molar-refractivity contribution in [1.29, 1.82) is 0 Å². The first-order chi connectivity index (χ1) is 18.4. The van der Waals surface area contributed by atoms with Gasteiger partial charge in [0.25, 0.3) is 11.8 Å². The number of anilines is 1. The maximum Gasteiger partial charge on any atom is 0.256 e. The molecule has 2 aliphatic rings. The number of piperidine rings is 1. The highest BCUT2D eigenvalue weighted by Gasteiger charge is 2.54. The number of carbonyl (C=O) groups is 3. The third kappa shape index (κ3) is 4.86. The number of rotatable bonds is 6.